The number of nitrogens with zero attached hydrogens (tertiary/aromatic N) is 2. The molecule has 0 heterocycles. The number of rotatable bonds is 6. The Bertz CT molecular complexity index is 1880. The summed E-state index contributed by atoms with van der Waals surface area (Å²) in [6.07, 6.45) is 9.10. The Hall–Kier alpha value is -4.82. The lowest BCUT2D eigenvalue weighted by Crippen LogP contribution is -2.19. The van der Waals surface area contributed by atoms with E-state index in [4.69, 9.17) is 0 Å². The molecule has 43 heavy (non-hydrogen) atoms. The molecule has 2 aliphatic rings. The predicted octanol–water partition coefficient (Wildman–Crippen LogP) is 11.5. The van der Waals surface area contributed by atoms with Crippen molar-refractivity contribution in [3.05, 3.63) is 161 Å². The summed E-state index contributed by atoms with van der Waals surface area (Å²) in [5.74, 6) is 0. The number of hydrogen-bond acceptors (Lipinski definition) is 2. The molecule has 0 saturated carbocycles. The first-order valence-corrected chi connectivity index (χ1v) is 15.3. The summed E-state index contributed by atoms with van der Waals surface area (Å²) in [6, 6.07) is 42.4. The first kappa shape index (κ1) is 27.0. The minimum Gasteiger partial charge on any atom is -0.311 e. The number of anilines is 5. The first-order valence-electron chi connectivity index (χ1n) is 15.3. The quantitative estimate of drug-likeness (QED) is 0.204. The van der Waals surface area contributed by atoms with Crippen molar-refractivity contribution in [3.8, 4) is 11.1 Å². The Labute approximate surface area is 256 Å². The Morgan fingerprint density at radius 3 is 1.60 bits per heavy atom. The minimum absolute atomic E-state index is 0.152. The van der Waals surface area contributed by atoms with Crippen LogP contribution in [-0.2, 0) is 5.41 Å². The fraction of sp³-hybridized carbons (Fsp3) is 0.171. The van der Waals surface area contributed by atoms with Gasteiger partial charge in [0, 0.05) is 39.5 Å². The van der Waals surface area contributed by atoms with Crippen molar-refractivity contribution in [1.29, 1.82) is 0 Å². The molecule has 0 radical (unpaired) electrons. The standard InChI is InChI=1S/C41H38N2/c1-29-13-11-19-33(25-29)42(31-15-7-5-8-16-31)35-21-23-37-38-24-22-36(28-40(38)41(3,4)39(37)27-35)43(32-17-9-6-10-18-32)34-20-12-14-30(2)26-34/h5,7-9,11-28H,6,10H2,1-4H3. The molecular weight excluding hydrogens is 520 g/mol. The van der Waals surface area contributed by atoms with Crippen LogP contribution in [0.1, 0.15) is 48.9 Å². The third-order valence-electron chi connectivity index (χ3n) is 8.93. The predicted molar refractivity (Wildman–Crippen MR) is 183 cm³/mol. The van der Waals surface area contributed by atoms with Gasteiger partial charge in [-0.05, 0) is 127 Å². The highest BCUT2D eigenvalue weighted by molar-refractivity contribution is 5.87. The molecule has 0 fully saturated rings. The highest BCUT2D eigenvalue weighted by Crippen LogP contribution is 2.52. The average Bonchev–Trinajstić information content (AvgIpc) is 3.24. The normalized spacial score (nSPS) is 14.6. The number of allylic oxidation sites excluding steroid dienone is 3. The minimum atomic E-state index is -0.152. The number of hydrogen-bond donors (Lipinski definition) is 0. The second kappa shape index (κ2) is 10.8. The van der Waals surface area contributed by atoms with Gasteiger partial charge in [-0.1, -0.05) is 80.6 Å². The van der Waals surface area contributed by atoms with E-state index in [0.717, 1.165) is 18.5 Å². The van der Waals surface area contributed by atoms with Crippen LogP contribution in [-0.4, -0.2) is 0 Å². The van der Waals surface area contributed by atoms with Crippen molar-refractivity contribution in [3.63, 3.8) is 0 Å². The van der Waals surface area contributed by atoms with E-state index in [1.165, 1.54) is 61.8 Å². The van der Waals surface area contributed by atoms with Crippen molar-refractivity contribution >= 4 is 28.4 Å². The summed E-state index contributed by atoms with van der Waals surface area (Å²) >= 11 is 0. The highest BCUT2D eigenvalue weighted by Gasteiger charge is 2.37. The lowest BCUT2D eigenvalue weighted by atomic mass is 9.82. The van der Waals surface area contributed by atoms with Gasteiger partial charge in [-0.3, -0.25) is 0 Å². The Morgan fingerprint density at radius 1 is 0.512 bits per heavy atom. The van der Waals surface area contributed by atoms with Gasteiger partial charge in [0.05, 0.1) is 0 Å². The third kappa shape index (κ3) is 4.87. The number of aryl methyl sites for hydroxylation is 2. The van der Waals surface area contributed by atoms with Gasteiger partial charge >= 0.3 is 0 Å². The zero-order chi connectivity index (χ0) is 29.6. The van der Waals surface area contributed by atoms with Crippen molar-refractivity contribution in [1.82, 2.24) is 0 Å². The second-order valence-corrected chi connectivity index (χ2v) is 12.4. The van der Waals surface area contributed by atoms with Crippen LogP contribution in [0.2, 0.25) is 0 Å². The number of para-hydroxylation sites is 1. The molecule has 2 aliphatic carbocycles. The van der Waals surface area contributed by atoms with Crippen molar-refractivity contribution in [2.45, 2.75) is 46.0 Å². The van der Waals surface area contributed by atoms with Crippen molar-refractivity contribution in [2.75, 3.05) is 9.80 Å². The molecule has 0 amide bonds. The first-order chi connectivity index (χ1) is 20.9. The molecule has 2 nitrogen and oxygen atoms in total. The van der Waals surface area contributed by atoms with E-state index in [-0.39, 0.29) is 5.41 Å². The van der Waals surface area contributed by atoms with Gasteiger partial charge in [-0.25, -0.2) is 0 Å². The Kier molecular flexibility index (Phi) is 6.78. The largest absolute Gasteiger partial charge is 0.311 e. The average molecular weight is 559 g/mol. The molecule has 212 valence electrons. The lowest BCUT2D eigenvalue weighted by Gasteiger charge is -2.30. The maximum absolute atomic E-state index is 2.43. The zero-order valence-corrected chi connectivity index (χ0v) is 25.5. The lowest BCUT2D eigenvalue weighted by molar-refractivity contribution is 0.660. The van der Waals surface area contributed by atoms with Gasteiger partial charge in [0.2, 0.25) is 0 Å². The summed E-state index contributed by atoms with van der Waals surface area (Å²) in [4.78, 5) is 4.79. The highest BCUT2D eigenvalue weighted by atomic mass is 15.2. The summed E-state index contributed by atoms with van der Waals surface area (Å²) < 4.78 is 0. The maximum atomic E-state index is 2.43. The molecule has 0 aromatic heterocycles. The van der Waals surface area contributed by atoms with Crippen LogP contribution in [0.4, 0.5) is 28.4 Å². The zero-order valence-electron chi connectivity index (χ0n) is 25.5. The van der Waals surface area contributed by atoms with E-state index in [1.807, 2.05) is 0 Å². The van der Waals surface area contributed by atoms with E-state index in [1.54, 1.807) is 0 Å². The van der Waals surface area contributed by atoms with E-state index in [0.29, 0.717) is 0 Å². The molecule has 0 bridgehead atoms. The van der Waals surface area contributed by atoms with Gasteiger partial charge in [0.1, 0.15) is 0 Å². The smallest absolute Gasteiger partial charge is 0.0465 e. The Morgan fingerprint density at radius 2 is 1.05 bits per heavy atom. The van der Waals surface area contributed by atoms with Gasteiger partial charge in [0.15, 0.2) is 0 Å². The third-order valence-corrected chi connectivity index (χ3v) is 8.93. The van der Waals surface area contributed by atoms with E-state index in [2.05, 4.69) is 171 Å². The van der Waals surface area contributed by atoms with Crippen molar-refractivity contribution in [2.24, 2.45) is 0 Å². The monoisotopic (exact) mass is 558 g/mol. The fourth-order valence-electron chi connectivity index (χ4n) is 6.76. The molecule has 0 spiro atoms. The molecule has 0 unspecified atom stereocenters. The van der Waals surface area contributed by atoms with Gasteiger partial charge < -0.3 is 9.80 Å². The molecule has 0 saturated heterocycles. The van der Waals surface area contributed by atoms with Gasteiger partial charge in [-0.2, -0.15) is 0 Å². The molecule has 2 heteroatoms. The molecule has 5 aromatic rings. The van der Waals surface area contributed by atoms with Crippen LogP contribution in [0.15, 0.2) is 139 Å². The summed E-state index contributed by atoms with van der Waals surface area (Å²) in [6.45, 7) is 9.08. The Balaban J connectivity index is 1.34. The fourth-order valence-corrected chi connectivity index (χ4v) is 6.76. The van der Waals surface area contributed by atoms with Crippen LogP contribution in [0.3, 0.4) is 0 Å². The van der Waals surface area contributed by atoms with Gasteiger partial charge in [0.25, 0.3) is 0 Å². The van der Waals surface area contributed by atoms with E-state index < -0.39 is 0 Å². The van der Waals surface area contributed by atoms with Crippen LogP contribution in [0.25, 0.3) is 11.1 Å². The summed E-state index contributed by atoms with van der Waals surface area (Å²) in [5, 5.41) is 0. The van der Waals surface area contributed by atoms with E-state index >= 15 is 0 Å². The molecule has 0 atom stereocenters. The van der Waals surface area contributed by atoms with Crippen LogP contribution in [0, 0.1) is 13.8 Å². The molecule has 0 aliphatic heterocycles. The molecule has 7 rings (SSSR count). The van der Waals surface area contributed by atoms with E-state index in [9.17, 15) is 0 Å². The summed E-state index contributed by atoms with van der Waals surface area (Å²) in [7, 11) is 0. The molecule has 5 aromatic carbocycles. The molecule has 0 N–H and O–H groups in total. The van der Waals surface area contributed by atoms with Crippen LogP contribution >= 0.6 is 0 Å². The van der Waals surface area contributed by atoms with Gasteiger partial charge in [-0.15, -0.1) is 0 Å². The topological polar surface area (TPSA) is 6.48 Å². The number of fused-ring (bicyclic) bond motifs is 3. The summed E-state index contributed by atoms with van der Waals surface area (Å²) in [5.41, 5.74) is 14.9. The van der Waals surface area contributed by atoms with Crippen LogP contribution < -0.4 is 9.80 Å². The SMILES string of the molecule is Cc1cccc(N(C2=CCCC=C2)c2ccc3c(c2)C(C)(C)c2cc(N(c4ccccc4)c4cccc(C)c4)ccc2-3)c1. The maximum Gasteiger partial charge on any atom is 0.0465 e. The van der Waals surface area contributed by atoms with Crippen LogP contribution in [0.5, 0.6) is 0 Å². The second-order valence-electron chi connectivity index (χ2n) is 12.4. The van der Waals surface area contributed by atoms with Crippen molar-refractivity contribution < 1.29 is 0 Å². The number of benzene rings is 5. The molecular formula is C41H38N2.